The Labute approximate surface area is 168 Å². The van der Waals surface area contributed by atoms with Crippen LogP contribution in [0.4, 0.5) is 0 Å². The number of nitrogens with zero attached hydrogens (tertiary/aromatic N) is 1. The van der Waals surface area contributed by atoms with E-state index in [9.17, 15) is 9.59 Å². The zero-order valence-electron chi connectivity index (χ0n) is 16.1. The summed E-state index contributed by atoms with van der Waals surface area (Å²) in [6, 6.07) is 15.0. The first-order chi connectivity index (χ1) is 14.0. The van der Waals surface area contributed by atoms with Crippen molar-refractivity contribution in [1.82, 2.24) is 10.3 Å². The number of benzene rings is 2. The number of hydrogen-bond acceptors (Lipinski definition) is 4. The molecule has 1 saturated carbocycles. The molecule has 4 rings (SSSR count). The van der Waals surface area contributed by atoms with Crippen LogP contribution in [0.25, 0.3) is 22.8 Å². The lowest BCUT2D eigenvalue weighted by atomic mass is 10.1. The molecule has 2 atom stereocenters. The van der Waals surface area contributed by atoms with Crippen LogP contribution < -0.4 is 5.32 Å². The van der Waals surface area contributed by atoms with Crippen molar-refractivity contribution in [2.45, 2.75) is 32.2 Å². The van der Waals surface area contributed by atoms with Crippen molar-refractivity contribution in [3.63, 3.8) is 0 Å². The van der Waals surface area contributed by atoms with Crippen LogP contribution in [0.15, 0.2) is 59.1 Å². The van der Waals surface area contributed by atoms with Crippen molar-refractivity contribution < 1.29 is 19.1 Å². The molecule has 1 aromatic heterocycles. The second-order valence-electron chi connectivity index (χ2n) is 7.46. The Morgan fingerprint density at radius 2 is 1.86 bits per heavy atom. The molecule has 1 aliphatic carbocycles. The van der Waals surface area contributed by atoms with Gasteiger partial charge in [-0.05, 0) is 38.3 Å². The Bertz CT molecular complexity index is 1040. The van der Waals surface area contributed by atoms with Crippen molar-refractivity contribution >= 4 is 11.9 Å². The third-order valence-corrected chi connectivity index (χ3v) is 5.36. The van der Waals surface area contributed by atoms with E-state index in [4.69, 9.17) is 9.52 Å². The van der Waals surface area contributed by atoms with Gasteiger partial charge in [-0.25, -0.2) is 4.98 Å². The number of nitrogens with one attached hydrogen (secondary N) is 1. The van der Waals surface area contributed by atoms with Gasteiger partial charge in [0.15, 0.2) is 5.76 Å². The van der Waals surface area contributed by atoms with E-state index in [1.165, 1.54) is 0 Å². The number of carbonyl (C=O) groups excluding carboxylic acids is 1. The average Bonchev–Trinajstić information content (AvgIpc) is 3.38. The van der Waals surface area contributed by atoms with Gasteiger partial charge >= 0.3 is 5.97 Å². The number of aromatic nitrogens is 1. The molecule has 2 N–H and O–H groups in total. The Hall–Kier alpha value is -3.41. The Kier molecular flexibility index (Phi) is 5.16. The van der Waals surface area contributed by atoms with Gasteiger partial charge in [0, 0.05) is 17.2 Å². The molecule has 0 aliphatic heterocycles. The standard InChI is InChI=1S/C23H22N2O4/c1-14-6-8-15(9-7-14)20-13-24-22(29-20)19-5-3-2-4-18(19)21(26)25-17-11-10-16(12-17)23(27)28/h2-9,13,16-17H,10-12H2,1H3,(H,25,26)(H,27,28)/t16-,17+/m0/s1. The monoisotopic (exact) mass is 390 g/mol. The van der Waals surface area contributed by atoms with Crippen LogP contribution in [0.5, 0.6) is 0 Å². The second-order valence-corrected chi connectivity index (χ2v) is 7.46. The third kappa shape index (κ3) is 4.06. The predicted molar refractivity (Wildman–Crippen MR) is 108 cm³/mol. The smallest absolute Gasteiger partial charge is 0.306 e. The maximum atomic E-state index is 12.9. The Morgan fingerprint density at radius 1 is 1.10 bits per heavy atom. The van der Waals surface area contributed by atoms with Gasteiger partial charge in [0.25, 0.3) is 5.91 Å². The topological polar surface area (TPSA) is 92.4 Å². The summed E-state index contributed by atoms with van der Waals surface area (Å²) in [7, 11) is 0. The first-order valence-corrected chi connectivity index (χ1v) is 9.67. The molecule has 1 fully saturated rings. The first kappa shape index (κ1) is 18.9. The molecule has 0 unspecified atom stereocenters. The highest BCUT2D eigenvalue weighted by atomic mass is 16.4. The van der Waals surface area contributed by atoms with Gasteiger partial charge in [-0.3, -0.25) is 9.59 Å². The number of carbonyl (C=O) groups is 2. The van der Waals surface area contributed by atoms with Gasteiger partial charge in [-0.15, -0.1) is 0 Å². The fourth-order valence-corrected chi connectivity index (χ4v) is 3.72. The normalized spacial score (nSPS) is 18.5. The average molecular weight is 390 g/mol. The zero-order chi connectivity index (χ0) is 20.4. The minimum absolute atomic E-state index is 0.135. The molecule has 29 heavy (non-hydrogen) atoms. The van der Waals surface area contributed by atoms with E-state index < -0.39 is 5.97 Å². The maximum Gasteiger partial charge on any atom is 0.306 e. The molecule has 148 valence electrons. The van der Waals surface area contributed by atoms with Crippen LogP contribution in [0, 0.1) is 12.8 Å². The van der Waals surface area contributed by atoms with Gasteiger partial charge in [-0.2, -0.15) is 0 Å². The molecular formula is C23H22N2O4. The molecule has 3 aromatic rings. The minimum atomic E-state index is -0.800. The number of amides is 1. The second kappa shape index (κ2) is 7.91. The van der Waals surface area contributed by atoms with Crippen molar-refractivity contribution in [2.75, 3.05) is 0 Å². The molecule has 0 spiro atoms. The van der Waals surface area contributed by atoms with Crippen LogP contribution in [0.1, 0.15) is 35.2 Å². The number of oxazole rings is 1. The zero-order valence-corrected chi connectivity index (χ0v) is 16.1. The van der Waals surface area contributed by atoms with E-state index in [2.05, 4.69) is 10.3 Å². The fraction of sp³-hybridized carbons (Fsp3) is 0.261. The molecule has 1 aliphatic rings. The minimum Gasteiger partial charge on any atom is -0.481 e. The van der Waals surface area contributed by atoms with Crippen LogP contribution in [-0.2, 0) is 4.79 Å². The fourth-order valence-electron chi connectivity index (χ4n) is 3.72. The molecule has 6 nitrogen and oxygen atoms in total. The van der Waals surface area contributed by atoms with Gasteiger partial charge < -0.3 is 14.8 Å². The Morgan fingerprint density at radius 3 is 2.59 bits per heavy atom. The summed E-state index contributed by atoms with van der Waals surface area (Å²) in [4.78, 5) is 28.4. The van der Waals surface area contributed by atoms with Crippen molar-refractivity contribution in [3.05, 3.63) is 65.9 Å². The summed E-state index contributed by atoms with van der Waals surface area (Å²) < 4.78 is 5.94. The lowest BCUT2D eigenvalue weighted by Crippen LogP contribution is -2.33. The molecule has 0 radical (unpaired) electrons. The maximum absolute atomic E-state index is 12.9. The highest BCUT2D eigenvalue weighted by Crippen LogP contribution is 2.30. The summed E-state index contributed by atoms with van der Waals surface area (Å²) in [6.45, 7) is 2.02. The summed E-state index contributed by atoms with van der Waals surface area (Å²) in [5.41, 5.74) is 3.15. The quantitative estimate of drug-likeness (QED) is 0.678. The van der Waals surface area contributed by atoms with Gasteiger partial charge in [0.05, 0.1) is 17.7 Å². The number of hydrogen-bond donors (Lipinski definition) is 2. The van der Waals surface area contributed by atoms with E-state index in [1.54, 1.807) is 24.4 Å². The summed E-state index contributed by atoms with van der Waals surface area (Å²) in [6.07, 6.45) is 3.37. The largest absolute Gasteiger partial charge is 0.481 e. The first-order valence-electron chi connectivity index (χ1n) is 9.67. The van der Waals surface area contributed by atoms with E-state index in [-0.39, 0.29) is 17.9 Å². The van der Waals surface area contributed by atoms with Crippen LogP contribution in [-0.4, -0.2) is 28.0 Å². The van der Waals surface area contributed by atoms with Crippen molar-refractivity contribution in [3.8, 4) is 22.8 Å². The third-order valence-electron chi connectivity index (χ3n) is 5.36. The lowest BCUT2D eigenvalue weighted by molar-refractivity contribution is -0.141. The van der Waals surface area contributed by atoms with Crippen LogP contribution in [0.2, 0.25) is 0 Å². The number of carboxylic acid groups (broad SMARTS) is 1. The summed E-state index contributed by atoms with van der Waals surface area (Å²) in [5, 5.41) is 12.1. The highest BCUT2D eigenvalue weighted by Gasteiger charge is 2.31. The van der Waals surface area contributed by atoms with E-state index in [0.29, 0.717) is 42.0 Å². The SMILES string of the molecule is Cc1ccc(-c2cnc(-c3ccccc3C(=O)N[C@@H]3CC[C@H](C(=O)O)C3)o2)cc1. The number of aliphatic carboxylic acids is 1. The number of aryl methyl sites for hydroxylation is 1. The summed E-state index contributed by atoms with van der Waals surface area (Å²) >= 11 is 0. The van der Waals surface area contributed by atoms with Crippen LogP contribution >= 0.6 is 0 Å². The van der Waals surface area contributed by atoms with E-state index >= 15 is 0 Å². The Balaban J connectivity index is 1.55. The molecule has 0 bridgehead atoms. The molecule has 1 heterocycles. The van der Waals surface area contributed by atoms with Gasteiger partial charge in [0.2, 0.25) is 5.89 Å². The predicted octanol–water partition coefficient (Wildman–Crippen LogP) is 4.30. The van der Waals surface area contributed by atoms with E-state index in [1.807, 2.05) is 37.3 Å². The highest BCUT2D eigenvalue weighted by molar-refractivity contribution is 6.00. The van der Waals surface area contributed by atoms with E-state index in [0.717, 1.165) is 11.1 Å². The number of carboxylic acids is 1. The molecule has 6 heteroatoms. The summed E-state index contributed by atoms with van der Waals surface area (Å²) in [5.74, 6) is -0.423. The van der Waals surface area contributed by atoms with Gasteiger partial charge in [-0.1, -0.05) is 42.0 Å². The van der Waals surface area contributed by atoms with Crippen molar-refractivity contribution in [1.29, 1.82) is 0 Å². The van der Waals surface area contributed by atoms with Crippen LogP contribution in [0.3, 0.4) is 0 Å². The molecule has 0 saturated heterocycles. The molecular weight excluding hydrogens is 368 g/mol. The number of rotatable bonds is 5. The molecule has 1 amide bonds. The van der Waals surface area contributed by atoms with Gasteiger partial charge in [0.1, 0.15) is 0 Å². The lowest BCUT2D eigenvalue weighted by Gasteiger charge is -2.14. The van der Waals surface area contributed by atoms with Crippen molar-refractivity contribution in [2.24, 2.45) is 5.92 Å². The molecule has 2 aromatic carbocycles.